The van der Waals surface area contributed by atoms with Crippen molar-refractivity contribution in [1.82, 2.24) is 35.2 Å². The normalized spacial score (nSPS) is 12.1. The average Bonchev–Trinajstić information content (AvgIpc) is 3.25. The zero-order chi connectivity index (χ0) is 16.9. The van der Waals surface area contributed by atoms with E-state index in [4.69, 9.17) is 4.52 Å². The van der Waals surface area contributed by atoms with Gasteiger partial charge in [0.05, 0.1) is 6.54 Å². The lowest BCUT2D eigenvalue weighted by molar-refractivity contribution is -0.134. The number of carbonyl (C=O) groups excluding carboxylic acids is 1. The Morgan fingerprint density at radius 1 is 1.33 bits per heavy atom. The summed E-state index contributed by atoms with van der Waals surface area (Å²) >= 11 is 0. The molecular formula is C15H17N7O2. The van der Waals surface area contributed by atoms with Crippen LogP contribution >= 0.6 is 0 Å². The average molecular weight is 327 g/mol. The first-order valence-electron chi connectivity index (χ1n) is 7.44. The van der Waals surface area contributed by atoms with Crippen molar-refractivity contribution < 1.29 is 9.32 Å². The third-order valence-corrected chi connectivity index (χ3v) is 3.56. The number of tetrazole rings is 1. The van der Waals surface area contributed by atoms with Crippen LogP contribution in [0.3, 0.4) is 0 Å². The first kappa shape index (κ1) is 15.8. The van der Waals surface area contributed by atoms with Gasteiger partial charge in [-0.2, -0.15) is 4.98 Å². The molecule has 0 aliphatic carbocycles. The summed E-state index contributed by atoms with van der Waals surface area (Å²) in [7, 11) is 1.68. The van der Waals surface area contributed by atoms with Crippen LogP contribution in [0.4, 0.5) is 0 Å². The summed E-state index contributed by atoms with van der Waals surface area (Å²) in [5.74, 6) is 0.785. The molecule has 9 heteroatoms. The van der Waals surface area contributed by atoms with Gasteiger partial charge >= 0.3 is 0 Å². The van der Waals surface area contributed by atoms with Crippen LogP contribution in [-0.2, 0) is 17.8 Å². The van der Waals surface area contributed by atoms with Crippen LogP contribution in [0.2, 0.25) is 0 Å². The van der Waals surface area contributed by atoms with E-state index >= 15 is 0 Å². The number of nitrogens with zero attached hydrogens (tertiary/aromatic N) is 7. The molecule has 0 saturated heterocycles. The zero-order valence-electron chi connectivity index (χ0n) is 13.4. The number of aromatic nitrogens is 6. The number of rotatable bonds is 6. The van der Waals surface area contributed by atoms with Crippen molar-refractivity contribution >= 4 is 5.91 Å². The maximum atomic E-state index is 12.9. The monoisotopic (exact) mass is 327 g/mol. The fourth-order valence-corrected chi connectivity index (χ4v) is 2.38. The first-order chi connectivity index (χ1) is 11.6. The van der Waals surface area contributed by atoms with Gasteiger partial charge in [-0.3, -0.25) is 4.79 Å². The number of likely N-dealkylation sites (N-methyl/N-ethyl adjacent to an activating group) is 1. The van der Waals surface area contributed by atoms with E-state index in [1.165, 1.54) is 15.9 Å². The largest absolute Gasteiger partial charge is 0.337 e. The quantitative estimate of drug-likeness (QED) is 0.660. The van der Waals surface area contributed by atoms with E-state index in [-0.39, 0.29) is 12.5 Å². The third kappa shape index (κ3) is 3.62. The highest BCUT2D eigenvalue weighted by Crippen LogP contribution is 2.16. The van der Waals surface area contributed by atoms with Gasteiger partial charge in [0.1, 0.15) is 12.4 Å². The topological polar surface area (TPSA) is 103 Å². The van der Waals surface area contributed by atoms with Crippen LogP contribution in [-0.4, -0.2) is 48.2 Å². The van der Waals surface area contributed by atoms with Gasteiger partial charge in [-0.1, -0.05) is 35.5 Å². The van der Waals surface area contributed by atoms with E-state index in [9.17, 15) is 4.79 Å². The molecule has 2 heterocycles. The molecule has 1 amide bonds. The Hall–Kier alpha value is -3.10. The van der Waals surface area contributed by atoms with Crippen LogP contribution in [0.5, 0.6) is 0 Å². The molecule has 0 radical (unpaired) electrons. The van der Waals surface area contributed by atoms with E-state index in [2.05, 4.69) is 25.7 Å². The van der Waals surface area contributed by atoms with Crippen molar-refractivity contribution in [2.45, 2.75) is 25.9 Å². The number of hydrogen-bond acceptors (Lipinski definition) is 7. The highest BCUT2D eigenvalue weighted by molar-refractivity contribution is 5.80. The van der Waals surface area contributed by atoms with Crippen molar-refractivity contribution in [2.75, 3.05) is 7.05 Å². The molecule has 2 aromatic heterocycles. The van der Waals surface area contributed by atoms with Crippen molar-refractivity contribution in [1.29, 1.82) is 0 Å². The summed E-state index contributed by atoms with van der Waals surface area (Å²) in [6.45, 7) is 1.96. The highest BCUT2D eigenvalue weighted by Gasteiger charge is 2.26. The lowest BCUT2D eigenvalue weighted by atomic mass is 10.1. The summed E-state index contributed by atoms with van der Waals surface area (Å²) in [4.78, 5) is 18.5. The van der Waals surface area contributed by atoms with Crippen LogP contribution in [0.15, 0.2) is 41.2 Å². The number of benzene rings is 1. The predicted octanol–water partition coefficient (Wildman–Crippen LogP) is 0.807. The molecule has 9 nitrogen and oxygen atoms in total. The SMILES string of the molecule is Cc1noc(CN(C)C(=O)C(Cc2ccccc2)n2cnnn2)n1. The Labute approximate surface area is 138 Å². The third-order valence-electron chi connectivity index (χ3n) is 3.56. The minimum absolute atomic E-state index is 0.137. The molecule has 3 aromatic rings. The van der Waals surface area contributed by atoms with Crippen molar-refractivity contribution in [3.63, 3.8) is 0 Å². The van der Waals surface area contributed by atoms with Crippen LogP contribution in [0, 0.1) is 6.92 Å². The van der Waals surface area contributed by atoms with Gasteiger partial charge < -0.3 is 9.42 Å². The molecule has 0 aliphatic heterocycles. The molecule has 0 spiro atoms. The smallest absolute Gasteiger partial charge is 0.248 e. The Balaban J connectivity index is 1.78. The lowest BCUT2D eigenvalue weighted by Gasteiger charge is -2.22. The van der Waals surface area contributed by atoms with Gasteiger partial charge in [0.15, 0.2) is 5.82 Å². The second-order valence-corrected chi connectivity index (χ2v) is 5.42. The summed E-state index contributed by atoms with van der Waals surface area (Å²) in [6, 6.07) is 9.18. The molecular weight excluding hydrogens is 310 g/mol. The van der Waals surface area contributed by atoms with E-state index < -0.39 is 6.04 Å². The summed E-state index contributed by atoms with van der Waals surface area (Å²) in [5, 5.41) is 14.9. The number of aryl methyl sites for hydroxylation is 1. The van der Waals surface area contributed by atoms with Crippen LogP contribution < -0.4 is 0 Å². The second-order valence-electron chi connectivity index (χ2n) is 5.42. The van der Waals surface area contributed by atoms with Gasteiger partial charge in [0.2, 0.25) is 11.8 Å². The van der Waals surface area contributed by atoms with Gasteiger partial charge in [-0.25, -0.2) is 4.68 Å². The Bertz CT molecular complexity index is 785. The molecule has 3 rings (SSSR count). The Morgan fingerprint density at radius 3 is 2.75 bits per heavy atom. The Kier molecular flexibility index (Phi) is 4.59. The molecule has 0 fully saturated rings. The lowest BCUT2D eigenvalue weighted by Crippen LogP contribution is -2.35. The summed E-state index contributed by atoms with van der Waals surface area (Å²) in [6.07, 6.45) is 1.92. The molecule has 0 bridgehead atoms. The summed E-state index contributed by atoms with van der Waals surface area (Å²) < 4.78 is 6.53. The van der Waals surface area contributed by atoms with Gasteiger partial charge in [-0.05, 0) is 22.9 Å². The number of amides is 1. The number of carbonyl (C=O) groups is 1. The molecule has 1 atom stereocenters. The summed E-state index contributed by atoms with van der Waals surface area (Å²) in [5.41, 5.74) is 1.02. The highest BCUT2D eigenvalue weighted by atomic mass is 16.5. The van der Waals surface area contributed by atoms with E-state index in [1.54, 1.807) is 14.0 Å². The minimum atomic E-state index is -0.545. The van der Waals surface area contributed by atoms with Crippen molar-refractivity contribution in [2.24, 2.45) is 0 Å². The maximum absolute atomic E-state index is 12.9. The standard InChI is InChI=1S/C15H17N7O2/c1-11-17-14(24-18-11)9-21(2)15(23)13(22-10-16-19-20-22)8-12-6-4-3-5-7-12/h3-7,10,13H,8-9H2,1-2H3. The van der Waals surface area contributed by atoms with E-state index in [0.29, 0.717) is 18.1 Å². The molecule has 1 aromatic carbocycles. The van der Waals surface area contributed by atoms with E-state index in [1.807, 2.05) is 30.3 Å². The van der Waals surface area contributed by atoms with Gasteiger partial charge in [0, 0.05) is 13.5 Å². The van der Waals surface area contributed by atoms with E-state index in [0.717, 1.165) is 5.56 Å². The van der Waals surface area contributed by atoms with Crippen molar-refractivity contribution in [3.8, 4) is 0 Å². The fourth-order valence-electron chi connectivity index (χ4n) is 2.38. The van der Waals surface area contributed by atoms with Crippen LogP contribution in [0.1, 0.15) is 23.3 Å². The molecule has 0 aliphatic rings. The predicted molar refractivity (Wildman–Crippen MR) is 82.5 cm³/mol. The molecule has 0 saturated carbocycles. The molecule has 124 valence electrons. The first-order valence-corrected chi connectivity index (χ1v) is 7.44. The maximum Gasteiger partial charge on any atom is 0.248 e. The molecule has 1 unspecified atom stereocenters. The van der Waals surface area contributed by atoms with Gasteiger partial charge in [-0.15, -0.1) is 5.10 Å². The van der Waals surface area contributed by atoms with Gasteiger partial charge in [0.25, 0.3) is 0 Å². The molecule has 0 N–H and O–H groups in total. The minimum Gasteiger partial charge on any atom is -0.337 e. The van der Waals surface area contributed by atoms with Crippen molar-refractivity contribution in [3.05, 3.63) is 53.9 Å². The van der Waals surface area contributed by atoms with Crippen LogP contribution in [0.25, 0.3) is 0 Å². The number of hydrogen-bond donors (Lipinski definition) is 0. The Morgan fingerprint density at radius 2 is 2.12 bits per heavy atom. The molecule has 24 heavy (non-hydrogen) atoms. The fraction of sp³-hybridized carbons (Fsp3) is 0.333. The second kappa shape index (κ2) is 6.99. The zero-order valence-corrected chi connectivity index (χ0v) is 13.4.